The first-order chi connectivity index (χ1) is 24.8. The van der Waals surface area contributed by atoms with E-state index in [1.165, 1.54) is 10.8 Å². The average molecular weight is 640 g/mol. The summed E-state index contributed by atoms with van der Waals surface area (Å²) < 4.78 is 9.29. The van der Waals surface area contributed by atoms with Gasteiger partial charge in [0.05, 0.1) is 11.0 Å². The Morgan fingerprint density at radius 2 is 0.900 bits per heavy atom. The van der Waals surface area contributed by atoms with Gasteiger partial charge in [0, 0.05) is 63.1 Å². The minimum absolute atomic E-state index is 0.888. The fourth-order valence-corrected chi connectivity index (χ4v) is 7.44. The van der Waals surface area contributed by atoms with Gasteiger partial charge in [0.25, 0.3) is 0 Å². The zero-order chi connectivity index (χ0) is 33.0. The third kappa shape index (κ3) is 4.54. The molecule has 6 aromatic carbocycles. The predicted molar refractivity (Wildman–Crippen MR) is 205 cm³/mol. The van der Waals surface area contributed by atoms with E-state index in [9.17, 15) is 0 Å². The summed E-state index contributed by atoms with van der Waals surface area (Å²) in [4.78, 5) is 8.51. The Kier molecular flexibility index (Phi) is 6.46. The zero-order valence-electron chi connectivity index (χ0n) is 27.0. The molecule has 0 atom stereocenters. The second-order valence-corrected chi connectivity index (χ2v) is 12.7. The van der Waals surface area contributed by atoms with Crippen LogP contribution in [0.25, 0.3) is 93.9 Å². The smallest absolute Gasteiger partial charge is 0.143 e. The minimum atomic E-state index is 0.888. The first-order valence-electron chi connectivity index (χ1n) is 16.8. The van der Waals surface area contributed by atoms with Gasteiger partial charge in [-0.25, -0.2) is 0 Å². The van der Waals surface area contributed by atoms with E-state index < -0.39 is 0 Å². The Balaban J connectivity index is 1.29. The Bertz CT molecular complexity index is 2740. The van der Waals surface area contributed by atoms with E-state index in [4.69, 9.17) is 4.42 Å². The second kappa shape index (κ2) is 11.4. The van der Waals surface area contributed by atoms with Crippen molar-refractivity contribution in [2.75, 3.05) is 0 Å². The molecule has 0 saturated heterocycles. The number of benzene rings is 6. The van der Waals surface area contributed by atoms with Crippen molar-refractivity contribution in [3.05, 3.63) is 176 Å². The number of hydrogen-bond acceptors (Lipinski definition) is 3. The number of para-hydroxylation sites is 1. The molecule has 0 radical (unpaired) electrons. The topological polar surface area (TPSA) is 43.9 Å². The molecular weight excluding hydrogens is 611 g/mol. The molecular formula is C46H29N3O. The fraction of sp³-hybridized carbons (Fsp3) is 0. The minimum Gasteiger partial charge on any atom is -0.455 e. The summed E-state index contributed by atoms with van der Waals surface area (Å²) in [5.41, 5.74) is 14.1. The summed E-state index contributed by atoms with van der Waals surface area (Å²) in [6, 6.07) is 53.9. The highest BCUT2D eigenvalue weighted by atomic mass is 16.3. The molecule has 0 amide bonds. The molecule has 4 heterocycles. The highest BCUT2D eigenvalue weighted by molar-refractivity contribution is 6.15. The second-order valence-electron chi connectivity index (χ2n) is 12.7. The van der Waals surface area contributed by atoms with Gasteiger partial charge >= 0.3 is 0 Å². The summed E-state index contributed by atoms with van der Waals surface area (Å²) in [6.45, 7) is 0. The maximum Gasteiger partial charge on any atom is 0.143 e. The van der Waals surface area contributed by atoms with E-state index >= 15 is 0 Å². The maximum absolute atomic E-state index is 6.88. The third-order valence-corrected chi connectivity index (χ3v) is 9.80. The number of hydrogen-bond donors (Lipinski definition) is 0. The van der Waals surface area contributed by atoms with Gasteiger partial charge in [-0.1, -0.05) is 91.0 Å². The summed E-state index contributed by atoms with van der Waals surface area (Å²) in [5.74, 6) is 0. The lowest BCUT2D eigenvalue weighted by molar-refractivity contribution is 0.671. The van der Waals surface area contributed by atoms with E-state index in [1.807, 2.05) is 30.9 Å². The molecule has 0 aliphatic heterocycles. The van der Waals surface area contributed by atoms with Gasteiger partial charge in [-0.2, -0.15) is 0 Å². The SMILES string of the molecule is c1ccc(-c2cccc3c2oc2c(-c4ccccc4)cc(-n4c5ccc(-c6ccncc6)cc5c5cc(-c6ccncc6)ccc54)cc23)cc1. The third-order valence-electron chi connectivity index (χ3n) is 9.80. The largest absolute Gasteiger partial charge is 0.455 e. The Morgan fingerprint density at radius 1 is 0.360 bits per heavy atom. The number of rotatable bonds is 5. The molecule has 0 unspecified atom stereocenters. The molecule has 0 fully saturated rings. The average Bonchev–Trinajstić information content (AvgIpc) is 3.74. The van der Waals surface area contributed by atoms with Gasteiger partial charge in [-0.05, 0) is 94.0 Å². The van der Waals surface area contributed by atoms with Crippen LogP contribution in [-0.2, 0) is 0 Å². The highest BCUT2D eigenvalue weighted by Gasteiger charge is 2.20. The van der Waals surface area contributed by atoms with Crippen LogP contribution in [0.15, 0.2) is 181 Å². The van der Waals surface area contributed by atoms with Crippen LogP contribution in [0.3, 0.4) is 0 Å². The summed E-state index contributed by atoms with van der Waals surface area (Å²) in [6.07, 6.45) is 7.40. The normalized spacial score (nSPS) is 11.6. The van der Waals surface area contributed by atoms with E-state index in [0.717, 1.165) is 83.2 Å². The van der Waals surface area contributed by atoms with Gasteiger partial charge in [-0.15, -0.1) is 0 Å². The van der Waals surface area contributed by atoms with Crippen molar-refractivity contribution < 1.29 is 4.42 Å². The van der Waals surface area contributed by atoms with Crippen LogP contribution in [0.1, 0.15) is 0 Å². The predicted octanol–water partition coefficient (Wildman–Crippen LogP) is 12.1. The standard InChI is InChI=1S/C46H29N3O/c1-3-8-32(9-4-1)37-12-7-13-38-42-29-36(28-39(46(42)50-45(37)38)33-10-5-2-6-11-33)49-43-16-14-34(30-18-22-47-23-19-30)26-40(43)41-27-35(15-17-44(41)49)31-20-24-48-25-21-31/h1-29H. The molecule has 0 spiro atoms. The Hall–Kier alpha value is -6.78. The van der Waals surface area contributed by atoms with Crippen LogP contribution in [0.5, 0.6) is 0 Å². The molecule has 0 saturated carbocycles. The molecule has 0 aliphatic rings. The number of aromatic nitrogens is 3. The van der Waals surface area contributed by atoms with Crippen molar-refractivity contribution >= 4 is 43.7 Å². The molecule has 50 heavy (non-hydrogen) atoms. The monoisotopic (exact) mass is 639 g/mol. The van der Waals surface area contributed by atoms with Gasteiger partial charge in [0.2, 0.25) is 0 Å². The lowest BCUT2D eigenvalue weighted by Crippen LogP contribution is -1.95. The van der Waals surface area contributed by atoms with Gasteiger partial charge < -0.3 is 8.98 Å². The van der Waals surface area contributed by atoms with Crippen molar-refractivity contribution in [1.29, 1.82) is 0 Å². The molecule has 0 N–H and O–H groups in total. The molecule has 234 valence electrons. The van der Waals surface area contributed by atoms with Crippen molar-refractivity contribution in [3.8, 4) is 50.2 Å². The van der Waals surface area contributed by atoms with Gasteiger partial charge in [0.15, 0.2) is 0 Å². The van der Waals surface area contributed by atoms with Crippen LogP contribution in [0.4, 0.5) is 0 Å². The molecule has 0 aliphatic carbocycles. The van der Waals surface area contributed by atoms with Crippen LogP contribution >= 0.6 is 0 Å². The highest BCUT2D eigenvalue weighted by Crippen LogP contribution is 2.43. The number of fused-ring (bicyclic) bond motifs is 6. The summed E-state index contributed by atoms with van der Waals surface area (Å²) in [7, 11) is 0. The fourth-order valence-electron chi connectivity index (χ4n) is 7.44. The number of pyridine rings is 2. The number of furan rings is 1. The first kappa shape index (κ1) is 28.3. The molecule has 0 bridgehead atoms. The van der Waals surface area contributed by atoms with Crippen molar-refractivity contribution in [2.24, 2.45) is 0 Å². The van der Waals surface area contributed by atoms with E-state index in [-0.39, 0.29) is 0 Å². The van der Waals surface area contributed by atoms with Crippen molar-refractivity contribution in [3.63, 3.8) is 0 Å². The lowest BCUT2D eigenvalue weighted by atomic mass is 9.99. The number of nitrogens with zero attached hydrogens (tertiary/aromatic N) is 3. The van der Waals surface area contributed by atoms with Crippen molar-refractivity contribution in [2.45, 2.75) is 0 Å². The molecule has 10 aromatic rings. The van der Waals surface area contributed by atoms with Gasteiger partial charge in [0.1, 0.15) is 11.2 Å². The first-order valence-corrected chi connectivity index (χ1v) is 16.8. The molecule has 10 rings (SSSR count). The zero-order valence-corrected chi connectivity index (χ0v) is 27.0. The van der Waals surface area contributed by atoms with Crippen LogP contribution < -0.4 is 0 Å². The van der Waals surface area contributed by atoms with E-state index in [2.05, 4.69) is 160 Å². The van der Waals surface area contributed by atoms with Crippen molar-refractivity contribution in [1.82, 2.24) is 14.5 Å². The summed E-state index contributed by atoms with van der Waals surface area (Å²) >= 11 is 0. The van der Waals surface area contributed by atoms with Gasteiger partial charge in [-0.3, -0.25) is 9.97 Å². The van der Waals surface area contributed by atoms with Crippen LogP contribution in [0.2, 0.25) is 0 Å². The Morgan fingerprint density at radius 3 is 1.48 bits per heavy atom. The van der Waals surface area contributed by atoms with E-state index in [0.29, 0.717) is 0 Å². The maximum atomic E-state index is 6.88. The quantitative estimate of drug-likeness (QED) is 0.188. The van der Waals surface area contributed by atoms with Crippen LogP contribution in [-0.4, -0.2) is 14.5 Å². The Labute approximate surface area is 288 Å². The molecule has 4 aromatic heterocycles. The van der Waals surface area contributed by atoms with Crippen LogP contribution in [0, 0.1) is 0 Å². The molecule has 4 nitrogen and oxygen atoms in total. The van der Waals surface area contributed by atoms with E-state index in [1.54, 1.807) is 0 Å². The molecule has 4 heteroatoms. The lowest BCUT2D eigenvalue weighted by Gasteiger charge is -2.12. The summed E-state index contributed by atoms with van der Waals surface area (Å²) in [5, 5.41) is 4.57.